The van der Waals surface area contributed by atoms with E-state index in [1.54, 1.807) is 18.3 Å². The highest BCUT2D eigenvalue weighted by Crippen LogP contribution is 2.16. The van der Waals surface area contributed by atoms with Gasteiger partial charge in [0.1, 0.15) is 0 Å². The summed E-state index contributed by atoms with van der Waals surface area (Å²) in [5.41, 5.74) is 0.929. The highest BCUT2D eigenvalue weighted by molar-refractivity contribution is 7.91. The van der Waals surface area contributed by atoms with Gasteiger partial charge in [-0.2, -0.15) is 0 Å². The van der Waals surface area contributed by atoms with Crippen molar-refractivity contribution in [1.82, 2.24) is 10.3 Å². The molecule has 1 N–H and O–H groups in total. The highest BCUT2D eigenvalue weighted by atomic mass is 32.2. The molecule has 1 fully saturated rings. The van der Waals surface area contributed by atoms with Crippen LogP contribution < -0.4 is 5.32 Å². The first-order chi connectivity index (χ1) is 7.58. The van der Waals surface area contributed by atoms with Gasteiger partial charge in [0.05, 0.1) is 5.75 Å². The summed E-state index contributed by atoms with van der Waals surface area (Å²) in [6, 6.07) is 3.44. The summed E-state index contributed by atoms with van der Waals surface area (Å²) in [5.74, 6) is 0.434. The summed E-state index contributed by atoms with van der Waals surface area (Å²) in [6.45, 7) is 3.59. The minimum Gasteiger partial charge on any atom is -0.316 e. The Labute approximate surface area is 96.0 Å². The first-order valence-electron chi connectivity index (χ1n) is 5.44. The van der Waals surface area contributed by atoms with E-state index < -0.39 is 9.84 Å². The van der Waals surface area contributed by atoms with Gasteiger partial charge in [-0.15, -0.1) is 0 Å². The summed E-state index contributed by atoms with van der Waals surface area (Å²) in [7, 11) is -3.22. The van der Waals surface area contributed by atoms with Crippen molar-refractivity contribution in [2.24, 2.45) is 5.92 Å². The van der Waals surface area contributed by atoms with Crippen LogP contribution in [0.3, 0.4) is 0 Å². The molecule has 5 heteroatoms. The van der Waals surface area contributed by atoms with E-state index in [9.17, 15) is 8.42 Å². The van der Waals surface area contributed by atoms with Crippen molar-refractivity contribution < 1.29 is 8.42 Å². The molecule has 0 radical (unpaired) electrons. The molecule has 1 aromatic rings. The van der Waals surface area contributed by atoms with Crippen LogP contribution >= 0.6 is 0 Å². The van der Waals surface area contributed by atoms with Crippen molar-refractivity contribution >= 4 is 9.84 Å². The molecule has 0 unspecified atom stereocenters. The number of pyridine rings is 1. The van der Waals surface area contributed by atoms with Crippen LogP contribution in [-0.4, -0.2) is 32.2 Å². The molecule has 2 heterocycles. The van der Waals surface area contributed by atoms with Gasteiger partial charge in [-0.1, -0.05) is 0 Å². The Morgan fingerprint density at radius 3 is 3.00 bits per heavy atom. The Morgan fingerprint density at radius 2 is 2.38 bits per heavy atom. The van der Waals surface area contributed by atoms with Crippen molar-refractivity contribution in [3.63, 3.8) is 0 Å². The second-order valence-electron chi connectivity index (χ2n) is 4.31. The normalized spacial score (nSPS) is 21.2. The number of aryl methyl sites for hydroxylation is 1. The smallest absolute Gasteiger partial charge is 0.195 e. The molecule has 88 valence electrons. The van der Waals surface area contributed by atoms with E-state index in [0.29, 0.717) is 0 Å². The lowest BCUT2D eigenvalue weighted by Gasteiger charge is -2.08. The standard InChI is InChI=1S/C11H16N2O2S/c1-9-2-5-13-11(6-9)16(14,15)8-10-3-4-12-7-10/h2,5-6,10,12H,3-4,7-8H2,1H3/t10-/m1/s1. The molecular formula is C11H16N2O2S. The van der Waals surface area contributed by atoms with Crippen LogP contribution in [0.4, 0.5) is 0 Å². The molecule has 2 rings (SSSR count). The predicted molar refractivity (Wildman–Crippen MR) is 62.0 cm³/mol. The van der Waals surface area contributed by atoms with Crippen molar-refractivity contribution in [2.75, 3.05) is 18.8 Å². The van der Waals surface area contributed by atoms with Gasteiger partial charge in [0.25, 0.3) is 0 Å². The lowest BCUT2D eigenvalue weighted by molar-refractivity contribution is 0.567. The first-order valence-corrected chi connectivity index (χ1v) is 7.09. The first kappa shape index (κ1) is 11.5. The van der Waals surface area contributed by atoms with Crippen molar-refractivity contribution in [1.29, 1.82) is 0 Å². The SMILES string of the molecule is Cc1ccnc(S(=O)(=O)C[C@@H]2CCNC2)c1. The molecule has 0 amide bonds. The monoisotopic (exact) mass is 240 g/mol. The Bertz CT molecular complexity index is 465. The Morgan fingerprint density at radius 1 is 1.56 bits per heavy atom. The zero-order valence-electron chi connectivity index (χ0n) is 9.31. The van der Waals surface area contributed by atoms with E-state index >= 15 is 0 Å². The largest absolute Gasteiger partial charge is 0.316 e. The van der Waals surface area contributed by atoms with Gasteiger partial charge in [0.2, 0.25) is 0 Å². The molecule has 4 nitrogen and oxygen atoms in total. The molecule has 1 saturated heterocycles. The number of rotatable bonds is 3. The van der Waals surface area contributed by atoms with Crippen LogP contribution in [-0.2, 0) is 9.84 Å². The fraction of sp³-hybridized carbons (Fsp3) is 0.545. The Hall–Kier alpha value is -0.940. The maximum absolute atomic E-state index is 12.1. The number of nitrogens with zero attached hydrogens (tertiary/aromatic N) is 1. The van der Waals surface area contributed by atoms with E-state index in [1.807, 2.05) is 6.92 Å². The van der Waals surface area contributed by atoms with Gasteiger partial charge in [0.15, 0.2) is 14.9 Å². The minimum atomic E-state index is -3.22. The van der Waals surface area contributed by atoms with Gasteiger partial charge in [-0.3, -0.25) is 0 Å². The predicted octanol–water partition coefficient (Wildman–Crippen LogP) is 0.773. The second kappa shape index (κ2) is 4.51. The van der Waals surface area contributed by atoms with Crippen molar-refractivity contribution in [3.05, 3.63) is 23.9 Å². The third-order valence-electron chi connectivity index (χ3n) is 2.83. The number of hydrogen-bond donors (Lipinski definition) is 1. The van der Waals surface area contributed by atoms with Crippen LogP contribution in [0.2, 0.25) is 0 Å². The molecule has 0 bridgehead atoms. The summed E-state index contributed by atoms with van der Waals surface area (Å²) in [6.07, 6.45) is 2.49. The van der Waals surface area contributed by atoms with E-state index in [0.717, 1.165) is 25.1 Å². The third-order valence-corrected chi connectivity index (χ3v) is 4.60. The highest BCUT2D eigenvalue weighted by Gasteiger charge is 2.24. The van der Waals surface area contributed by atoms with Gasteiger partial charge < -0.3 is 5.32 Å². The van der Waals surface area contributed by atoms with Gasteiger partial charge >= 0.3 is 0 Å². The number of hydrogen-bond acceptors (Lipinski definition) is 4. The molecule has 16 heavy (non-hydrogen) atoms. The number of sulfone groups is 1. The molecule has 1 aliphatic rings. The van der Waals surface area contributed by atoms with Crippen molar-refractivity contribution in [2.45, 2.75) is 18.4 Å². The molecule has 1 aliphatic heterocycles. The average Bonchev–Trinajstić information content (AvgIpc) is 2.70. The third kappa shape index (κ3) is 2.59. The van der Waals surface area contributed by atoms with E-state index in [-0.39, 0.29) is 16.7 Å². The maximum Gasteiger partial charge on any atom is 0.195 e. The minimum absolute atomic E-state index is 0.205. The van der Waals surface area contributed by atoms with Crippen LogP contribution in [0.25, 0.3) is 0 Å². The zero-order valence-corrected chi connectivity index (χ0v) is 10.1. The van der Waals surface area contributed by atoms with Crippen molar-refractivity contribution in [3.8, 4) is 0 Å². The van der Waals surface area contributed by atoms with E-state index in [2.05, 4.69) is 10.3 Å². The van der Waals surface area contributed by atoms with Gasteiger partial charge in [0, 0.05) is 6.20 Å². The molecule has 0 aromatic carbocycles. The quantitative estimate of drug-likeness (QED) is 0.848. The molecule has 1 atom stereocenters. The van der Waals surface area contributed by atoms with E-state index in [4.69, 9.17) is 0 Å². The lowest BCUT2D eigenvalue weighted by Crippen LogP contribution is -2.19. The fourth-order valence-corrected chi connectivity index (χ4v) is 3.59. The van der Waals surface area contributed by atoms with Crippen LogP contribution in [0.1, 0.15) is 12.0 Å². The topological polar surface area (TPSA) is 59.1 Å². The van der Waals surface area contributed by atoms with E-state index in [1.165, 1.54) is 0 Å². The van der Waals surface area contributed by atoms with Gasteiger partial charge in [-0.25, -0.2) is 13.4 Å². The molecule has 1 aromatic heterocycles. The molecule has 0 spiro atoms. The van der Waals surface area contributed by atoms with Crippen LogP contribution in [0.15, 0.2) is 23.4 Å². The Balaban J connectivity index is 2.18. The Kier molecular flexibility index (Phi) is 3.25. The number of aromatic nitrogens is 1. The second-order valence-corrected chi connectivity index (χ2v) is 6.29. The maximum atomic E-state index is 12.1. The average molecular weight is 240 g/mol. The fourth-order valence-electron chi connectivity index (χ4n) is 1.93. The van der Waals surface area contributed by atoms with Crippen LogP contribution in [0.5, 0.6) is 0 Å². The summed E-state index contributed by atoms with van der Waals surface area (Å²) < 4.78 is 24.1. The molecule has 0 aliphatic carbocycles. The molecular weight excluding hydrogens is 224 g/mol. The lowest BCUT2D eigenvalue weighted by atomic mass is 10.2. The summed E-state index contributed by atoms with van der Waals surface area (Å²) in [4.78, 5) is 3.94. The molecule has 0 saturated carbocycles. The van der Waals surface area contributed by atoms with Crippen LogP contribution in [0, 0.1) is 12.8 Å². The van der Waals surface area contributed by atoms with Gasteiger partial charge in [-0.05, 0) is 50.0 Å². The zero-order chi connectivity index (χ0) is 11.6. The summed E-state index contributed by atoms with van der Waals surface area (Å²) >= 11 is 0. The number of nitrogens with one attached hydrogen (secondary N) is 1. The summed E-state index contributed by atoms with van der Waals surface area (Å²) in [5, 5.41) is 3.38.